The van der Waals surface area contributed by atoms with E-state index in [1.54, 1.807) is 0 Å². The third-order valence-corrected chi connectivity index (χ3v) is 12.5. The van der Waals surface area contributed by atoms with Crippen molar-refractivity contribution < 1.29 is 4.74 Å². The number of aromatic nitrogens is 1. The second kappa shape index (κ2) is 12.2. The Balaban J connectivity index is 0.992. The predicted octanol–water partition coefficient (Wildman–Crippen LogP) is 15.2. The maximum atomic E-state index is 6.67. The predicted molar refractivity (Wildman–Crippen MR) is 237 cm³/mol. The molecule has 1 aliphatic rings. The van der Waals surface area contributed by atoms with Gasteiger partial charge in [0.05, 0.1) is 11.0 Å². The van der Waals surface area contributed by atoms with E-state index in [2.05, 4.69) is 204 Å². The first-order chi connectivity index (χ1) is 27.7. The van der Waals surface area contributed by atoms with E-state index < -0.39 is 0 Å². The largest absolute Gasteiger partial charge is 0.456 e. The molecule has 0 atom stereocenters. The van der Waals surface area contributed by atoms with Gasteiger partial charge in [-0.15, -0.1) is 11.3 Å². The number of nitrogens with zero attached hydrogens (tertiary/aromatic N) is 2. The zero-order chi connectivity index (χ0) is 36.7. The molecule has 0 amide bonds. The highest BCUT2D eigenvalue weighted by atomic mass is 32.1. The SMILES string of the molecule is c1ccc(-n2c3ccccc3c3cc(-c4ccc(N(c5ccc6c(c5)Oc5cccc7cccc-6c57)c5ccc6sc7ccccc7c6c5)cc4)ccc32)cc1. The number of ether oxygens (including phenoxy) is 1. The normalized spacial score (nSPS) is 12.1. The van der Waals surface area contributed by atoms with Crippen LogP contribution in [-0.2, 0) is 0 Å². The van der Waals surface area contributed by atoms with Crippen molar-refractivity contribution in [2.45, 2.75) is 0 Å². The summed E-state index contributed by atoms with van der Waals surface area (Å²) in [6, 6.07) is 70.2. The molecule has 11 aromatic rings. The Morgan fingerprint density at radius 3 is 2.00 bits per heavy atom. The van der Waals surface area contributed by atoms with Crippen LogP contribution in [0.15, 0.2) is 194 Å². The molecule has 0 saturated heterocycles. The van der Waals surface area contributed by atoms with E-state index in [9.17, 15) is 0 Å². The quantitative estimate of drug-likeness (QED) is 0.175. The molecule has 4 heteroatoms. The molecule has 12 rings (SSSR count). The van der Waals surface area contributed by atoms with Crippen molar-refractivity contribution in [1.82, 2.24) is 4.57 Å². The van der Waals surface area contributed by atoms with Crippen LogP contribution in [0.1, 0.15) is 0 Å². The molecule has 2 aromatic heterocycles. The van der Waals surface area contributed by atoms with Crippen LogP contribution in [0.25, 0.3) is 80.7 Å². The monoisotopic (exact) mass is 732 g/mol. The lowest BCUT2D eigenvalue weighted by atomic mass is 9.94. The van der Waals surface area contributed by atoms with E-state index in [-0.39, 0.29) is 0 Å². The number of anilines is 3. The maximum absolute atomic E-state index is 6.67. The fourth-order valence-electron chi connectivity index (χ4n) is 8.80. The number of para-hydroxylation sites is 2. The standard InChI is InChI=1S/C52H32N2OS/c1-2-12-36(13-3-1)54-46-17-6-4-14-40(46)44-30-35(22-28-47(44)54)33-20-23-37(24-21-33)53(38-26-29-51-45(31-38)42-15-5-7-19-50(42)56-51)39-25-27-41-43-16-8-10-34-11-9-18-48(52(34)43)55-49(41)32-39/h1-32H. The summed E-state index contributed by atoms with van der Waals surface area (Å²) in [5, 5.41) is 7.40. The van der Waals surface area contributed by atoms with Gasteiger partial charge in [-0.2, -0.15) is 0 Å². The molecule has 3 nitrogen and oxygen atoms in total. The van der Waals surface area contributed by atoms with Crippen LogP contribution in [-0.4, -0.2) is 4.57 Å². The van der Waals surface area contributed by atoms with Crippen molar-refractivity contribution in [2.75, 3.05) is 4.90 Å². The number of thiophene rings is 1. The Bertz CT molecular complexity index is 3340. The van der Waals surface area contributed by atoms with Gasteiger partial charge in [-0.3, -0.25) is 0 Å². The van der Waals surface area contributed by atoms with Crippen LogP contribution in [0.4, 0.5) is 17.1 Å². The molecule has 0 bridgehead atoms. The Morgan fingerprint density at radius 2 is 1.11 bits per heavy atom. The van der Waals surface area contributed by atoms with Crippen molar-refractivity contribution in [3.63, 3.8) is 0 Å². The van der Waals surface area contributed by atoms with Gasteiger partial charge in [0.1, 0.15) is 11.5 Å². The molecule has 0 aliphatic carbocycles. The summed E-state index contributed by atoms with van der Waals surface area (Å²) in [5.41, 5.74) is 11.5. The molecule has 1 aliphatic heterocycles. The summed E-state index contributed by atoms with van der Waals surface area (Å²) < 4.78 is 11.6. The number of benzene rings is 9. The van der Waals surface area contributed by atoms with Gasteiger partial charge in [0, 0.05) is 70.7 Å². The lowest BCUT2D eigenvalue weighted by Gasteiger charge is -2.28. The van der Waals surface area contributed by atoms with Gasteiger partial charge in [-0.05, 0) is 107 Å². The summed E-state index contributed by atoms with van der Waals surface area (Å²) in [5.74, 6) is 1.76. The first-order valence-electron chi connectivity index (χ1n) is 19.0. The van der Waals surface area contributed by atoms with Crippen LogP contribution in [0, 0.1) is 0 Å². The highest BCUT2D eigenvalue weighted by Crippen LogP contribution is 2.49. The minimum Gasteiger partial charge on any atom is -0.456 e. The van der Waals surface area contributed by atoms with E-state index in [1.807, 2.05) is 11.3 Å². The molecule has 0 spiro atoms. The van der Waals surface area contributed by atoms with Gasteiger partial charge >= 0.3 is 0 Å². The Labute approximate surface area is 327 Å². The molecule has 0 saturated carbocycles. The molecule has 56 heavy (non-hydrogen) atoms. The molecule has 9 aromatic carbocycles. The number of fused-ring (bicyclic) bond motifs is 8. The third kappa shape index (κ3) is 4.76. The van der Waals surface area contributed by atoms with Gasteiger partial charge in [0.25, 0.3) is 0 Å². The van der Waals surface area contributed by atoms with Crippen LogP contribution in [0.3, 0.4) is 0 Å². The second-order valence-electron chi connectivity index (χ2n) is 14.5. The average Bonchev–Trinajstić information content (AvgIpc) is 3.80. The zero-order valence-corrected chi connectivity index (χ0v) is 31.0. The van der Waals surface area contributed by atoms with Gasteiger partial charge in [0.2, 0.25) is 0 Å². The minimum absolute atomic E-state index is 0.861. The van der Waals surface area contributed by atoms with E-state index >= 15 is 0 Å². The fraction of sp³-hybridized carbons (Fsp3) is 0. The average molecular weight is 733 g/mol. The number of hydrogen-bond acceptors (Lipinski definition) is 3. The van der Waals surface area contributed by atoms with E-state index in [1.165, 1.54) is 75.1 Å². The maximum Gasteiger partial charge on any atom is 0.137 e. The second-order valence-corrected chi connectivity index (χ2v) is 15.6. The Morgan fingerprint density at radius 1 is 0.411 bits per heavy atom. The van der Waals surface area contributed by atoms with Gasteiger partial charge in [0.15, 0.2) is 0 Å². The highest BCUT2D eigenvalue weighted by molar-refractivity contribution is 7.25. The highest BCUT2D eigenvalue weighted by Gasteiger charge is 2.23. The number of hydrogen-bond donors (Lipinski definition) is 0. The summed E-state index contributed by atoms with van der Waals surface area (Å²) in [6.45, 7) is 0. The van der Waals surface area contributed by atoms with Crippen LogP contribution >= 0.6 is 11.3 Å². The first-order valence-corrected chi connectivity index (χ1v) is 19.8. The third-order valence-electron chi connectivity index (χ3n) is 11.4. The summed E-state index contributed by atoms with van der Waals surface area (Å²) in [7, 11) is 0. The molecular weight excluding hydrogens is 701 g/mol. The fourth-order valence-corrected chi connectivity index (χ4v) is 9.89. The minimum atomic E-state index is 0.861. The Hall–Kier alpha value is -7.14. The zero-order valence-electron chi connectivity index (χ0n) is 30.2. The van der Waals surface area contributed by atoms with Crippen LogP contribution in [0.5, 0.6) is 11.5 Å². The topological polar surface area (TPSA) is 17.4 Å². The Kier molecular flexibility index (Phi) is 6.80. The van der Waals surface area contributed by atoms with Gasteiger partial charge < -0.3 is 14.2 Å². The molecule has 0 unspecified atom stereocenters. The van der Waals surface area contributed by atoms with E-state index in [0.29, 0.717) is 0 Å². The summed E-state index contributed by atoms with van der Waals surface area (Å²) in [4.78, 5) is 2.36. The van der Waals surface area contributed by atoms with Crippen molar-refractivity contribution in [2.24, 2.45) is 0 Å². The summed E-state index contributed by atoms with van der Waals surface area (Å²) in [6.07, 6.45) is 0. The summed E-state index contributed by atoms with van der Waals surface area (Å²) >= 11 is 1.84. The van der Waals surface area contributed by atoms with Crippen molar-refractivity contribution in [1.29, 1.82) is 0 Å². The molecule has 0 N–H and O–H groups in total. The first kappa shape index (κ1) is 31.2. The molecule has 3 heterocycles. The smallest absolute Gasteiger partial charge is 0.137 e. The molecule has 262 valence electrons. The van der Waals surface area contributed by atoms with Crippen LogP contribution < -0.4 is 9.64 Å². The van der Waals surface area contributed by atoms with Crippen molar-refractivity contribution in [3.05, 3.63) is 194 Å². The van der Waals surface area contributed by atoms with E-state index in [4.69, 9.17) is 4.74 Å². The number of rotatable bonds is 5. The molecule has 0 fully saturated rings. The van der Waals surface area contributed by atoms with Gasteiger partial charge in [-0.25, -0.2) is 0 Å². The lowest BCUT2D eigenvalue weighted by Crippen LogP contribution is -2.10. The van der Waals surface area contributed by atoms with Gasteiger partial charge in [-0.1, -0.05) is 103 Å². The van der Waals surface area contributed by atoms with Crippen molar-refractivity contribution >= 4 is 81.1 Å². The molecular formula is C52H32N2OS. The lowest BCUT2D eigenvalue weighted by molar-refractivity contribution is 0.487. The van der Waals surface area contributed by atoms with Crippen molar-refractivity contribution in [3.8, 4) is 39.4 Å². The van der Waals surface area contributed by atoms with E-state index in [0.717, 1.165) is 34.1 Å². The molecule has 0 radical (unpaired) electrons. The van der Waals surface area contributed by atoms with Crippen LogP contribution in [0.2, 0.25) is 0 Å².